The molecule has 0 saturated carbocycles. The van der Waals surface area contributed by atoms with Crippen LogP contribution in [0.4, 0.5) is 0 Å². The van der Waals surface area contributed by atoms with Crippen LogP contribution in [0.1, 0.15) is 22.7 Å². The number of hydrogen-bond donors (Lipinski definition) is 1. The third kappa shape index (κ3) is 3.16. The molecule has 3 aromatic rings. The Labute approximate surface area is 161 Å². The van der Waals surface area contributed by atoms with E-state index in [0.717, 1.165) is 5.56 Å². The number of pyridine rings is 2. The molecule has 1 atom stereocenters. The van der Waals surface area contributed by atoms with Crippen LogP contribution in [-0.2, 0) is 16.1 Å². The number of aliphatic hydroxyl groups excluding tert-OH is 1. The Morgan fingerprint density at radius 3 is 2.36 bits per heavy atom. The minimum atomic E-state index is -0.720. The van der Waals surface area contributed by atoms with Gasteiger partial charge in [-0.3, -0.25) is 19.6 Å². The lowest BCUT2D eigenvalue weighted by atomic mass is 9.96. The van der Waals surface area contributed by atoms with Crippen molar-refractivity contribution in [3.8, 4) is 0 Å². The van der Waals surface area contributed by atoms with Crippen LogP contribution in [0.25, 0.3) is 5.76 Å². The normalized spacial score (nSPS) is 18.4. The monoisotopic (exact) mass is 371 g/mol. The van der Waals surface area contributed by atoms with E-state index in [2.05, 4.69) is 9.97 Å². The number of rotatable bonds is 4. The highest BCUT2D eigenvalue weighted by Crippen LogP contribution is 2.39. The second kappa shape index (κ2) is 7.44. The highest BCUT2D eigenvalue weighted by atomic mass is 16.3. The number of amides is 1. The van der Waals surface area contributed by atoms with Crippen molar-refractivity contribution in [1.82, 2.24) is 14.9 Å². The van der Waals surface area contributed by atoms with E-state index in [-0.39, 0.29) is 17.9 Å². The van der Waals surface area contributed by atoms with Crippen LogP contribution >= 0.6 is 0 Å². The Hall–Kier alpha value is -3.80. The fourth-order valence-corrected chi connectivity index (χ4v) is 3.37. The summed E-state index contributed by atoms with van der Waals surface area (Å²) in [6.45, 7) is 0.248. The maximum Gasteiger partial charge on any atom is 0.295 e. The van der Waals surface area contributed by atoms with E-state index >= 15 is 0 Å². The molecule has 1 aliphatic rings. The molecule has 0 aliphatic carbocycles. The van der Waals surface area contributed by atoms with Crippen molar-refractivity contribution < 1.29 is 14.7 Å². The van der Waals surface area contributed by atoms with E-state index < -0.39 is 17.7 Å². The molecule has 1 unspecified atom stereocenters. The second-order valence-electron chi connectivity index (χ2n) is 6.43. The summed E-state index contributed by atoms with van der Waals surface area (Å²) in [6.07, 6.45) is 6.27. The summed E-state index contributed by atoms with van der Waals surface area (Å²) >= 11 is 0. The maximum absolute atomic E-state index is 12.9. The number of nitrogens with zero attached hydrogens (tertiary/aromatic N) is 3. The van der Waals surface area contributed by atoms with Crippen LogP contribution in [0, 0.1) is 0 Å². The second-order valence-corrected chi connectivity index (χ2v) is 6.43. The first-order valence-electron chi connectivity index (χ1n) is 8.79. The van der Waals surface area contributed by atoms with Crippen molar-refractivity contribution in [2.45, 2.75) is 12.6 Å². The summed E-state index contributed by atoms with van der Waals surface area (Å²) in [6, 6.07) is 15.4. The minimum absolute atomic E-state index is 0.0557. The quantitative estimate of drug-likeness (QED) is 0.433. The molecule has 0 bridgehead atoms. The zero-order chi connectivity index (χ0) is 19.5. The number of aliphatic hydroxyl groups is 1. The molecule has 0 spiro atoms. The Bertz CT molecular complexity index is 1030. The standard InChI is InChI=1S/C22H17N3O3/c26-20(16-8-11-23-12-9-16)18-19(17-7-4-10-24-13-17)25(22(28)21(18)27)14-15-5-2-1-3-6-15/h1-13,19,26H,14H2. The summed E-state index contributed by atoms with van der Waals surface area (Å²) in [4.78, 5) is 35.2. The average Bonchev–Trinajstić information content (AvgIpc) is 3.00. The fraction of sp³-hybridized carbons (Fsp3) is 0.0909. The molecule has 138 valence electrons. The number of aromatic nitrogens is 2. The van der Waals surface area contributed by atoms with Crippen LogP contribution < -0.4 is 0 Å². The molecular weight excluding hydrogens is 354 g/mol. The molecule has 4 rings (SSSR count). The van der Waals surface area contributed by atoms with Crippen molar-refractivity contribution >= 4 is 17.4 Å². The number of likely N-dealkylation sites (tertiary alicyclic amines) is 1. The molecule has 0 radical (unpaired) electrons. The Kier molecular flexibility index (Phi) is 4.68. The smallest absolute Gasteiger partial charge is 0.295 e. The van der Waals surface area contributed by atoms with Gasteiger partial charge in [0.1, 0.15) is 5.76 Å². The Morgan fingerprint density at radius 1 is 0.929 bits per heavy atom. The van der Waals surface area contributed by atoms with Crippen LogP contribution in [-0.4, -0.2) is 31.7 Å². The largest absolute Gasteiger partial charge is 0.507 e. The van der Waals surface area contributed by atoms with Gasteiger partial charge in [0.05, 0.1) is 11.6 Å². The summed E-state index contributed by atoms with van der Waals surface area (Å²) in [5, 5.41) is 10.9. The topological polar surface area (TPSA) is 83.4 Å². The van der Waals surface area contributed by atoms with Crippen molar-refractivity contribution in [3.63, 3.8) is 0 Å². The first-order chi connectivity index (χ1) is 13.7. The molecule has 1 amide bonds. The summed E-state index contributed by atoms with van der Waals surface area (Å²) < 4.78 is 0. The van der Waals surface area contributed by atoms with Gasteiger partial charge in [0.25, 0.3) is 11.7 Å². The summed E-state index contributed by atoms with van der Waals surface area (Å²) in [5.74, 6) is -1.57. The lowest BCUT2D eigenvalue weighted by Crippen LogP contribution is -2.29. The third-order valence-corrected chi connectivity index (χ3v) is 4.69. The molecule has 2 aromatic heterocycles. The number of benzene rings is 1. The van der Waals surface area contributed by atoms with E-state index in [1.165, 1.54) is 17.3 Å². The van der Waals surface area contributed by atoms with Gasteiger partial charge in [0.15, 0.2) is 0 Å². The van der Waals surface area contributed by atoms with E-state index in [0.29, 0.717) is 11.1 Å². The van der Waals surface area contributed by atoms with Crippen LogP contribution in [0.3, 0.4) is 0 Å². The molecule has 6 heteroatoms. The van der Waals surface area contributed by atoms with Gasteiger partial charge >= 0.3 is 0 Å². The first kappa shape index (κ1) is 17.6. The van der Waals surface area contributed by atoms with Gasteiger partial charge in [-0.1, -0.05) is 36.4 Å². The van der Waals surface area contributed by atoms with Crippen LogP contribution in [0.5, 0.6) is 0 Å². The summed E-state index contributed by atoms with van der Waals surface area (Å²) in [7, 11) is 0. The number of carbonyl (C=O) groups is 2. The van der Waals surface area contributed by atoms with Gasteiger partial charge in [0, 0.05) is 36.9 Å². The molecule has 1 aliphatic heterocycles. The number of carbonyl (C=O) groups excluding carboxylic acids is 2. The third-order valence-electron chi connectivity index (χ3n) is 4.69. The predicted octanol–water partition coefficient (Wildman–Crippen LogP) is 3.10. The average molecular weight is 371 g/mol. The highest BCUT2D eigenvalue weighted by Gasteiger charge is 2.46. The Morgan fingerprint density at radius 2 is 1.68 bits per heavy atom. The molecule has 3 heterocycles. The van der Waals surface area contributed by atoms with Crippen molar-refractivity contribution in [1.29, 1.82) is 0 Å². The number of ketones is 1. The lowest BCUT2D eigenvalue weighted by molar-refractivity contribution is -0.140. The van der Waals surface area contributed by atoms with Gasteiger partial charge in [0.2, 0.25) is 0 Å². The lowest BCUT2D eigenvalue weighted by Gasteiger charge is -2.25. The van der Waals surface area contributed by atoms with E-state index in [4.69, 9.17) is 0 Å². The van der Waals surface area contributed by atoms with Gasteiger partial charge in [-0.25, -0.2) is 0 Å². The van der Waals surface area contributed by atoms with Crippen LogP contribution in [0.15, 0.2) is 85.0 Å². The van der Waals surface area contributed by atoms with Gasteiger partial charge in [-0.2, -0.15) is 0 Å². The van der Waals surface area contributed by atoms with Gasteiger partial charge < -0.3 is 10.0 Å². The van der Waals surface area contributed by atoms with Gasteiger partial charge in [-0.05, 0) is 29.3 Å². The zero-order valence-corrected chi connectivity index (χ0v) is 14.9. The zero-order valence-electron chi connectivity index (χ0n) is 14.9. The SMILES string of the molecule is O=C1C(=O)N(Cc2ccccc2)C(c2cccnc2)C1=C(O)c1ccncc1. The molecule has 1 aromatic carbocycles. The summed E-state index contributed by atoms with van der Waals surface area (Å²) in [5.41, 5.74) is 2.04. The Balaban J connectivity index is 1.85. The van der Waals surface area contributed by atoms with Crippen molar-refractivity contribution in [3.05, 3.63) is 102 Å². The van der Waals surface area contributed by atoms with E-state index in [9.17, 15) is 14.7 Å². The fourth-order valence-electron chi connectivity index (χ4n) is 3.37. The predicted molar refractivity (Wildman–Crippen MR) is 103 cm³/mol. The molecular formula is C22H17N3O3. The molecule has 28 heavy (non-hydrogen) atoms. The highest BCUT2D eigenvalue weighted by molar-refractivity contribution is 6.46. The minimum Gasteiger partial charge on any atom is -0.507 e. The van der Waals surface area contributed by atoms with E-state index in [1.54, 1.807) is 36.7 Å². The number of Topliss-reactive ketones (excluding diaryl/α,β-unsaturated/α-hetero) is 1. The molecule has 1 fully saturated rings. The van der Waals surface area contributed by atoms with Crippen LogP contribution in [0.2, 0.25) is 0 Å². The first-order valence-corrected chi connectivity index (χ1v) is 8.79. The van der Waals surface area contributed by atoms with Crippen molar-refractivity contribution in [2.75, 3.05) is 0 Å². The van der Waals surface area contributed by atoms with Gasteiger partial charge in [-0.15, -0.1) is 0 Å². The molecule has 1 N–H and O–H groups in total. The molecule has 1 saturated heterocycles. The van der Waals surface area contributed by atoms with Crippen molar-refractivity contribution in [2.24, 2.45) is 0 Å². The molecule has 6 nitrogen and oxygen atoms in total. The maximum atomic E-state index is 12.9. The number of hydrogen-bond acceptors (Lipinski definition) is 5. The van der Waals surface area contributed by atoms with E-state index in [1.807, 2.05) is 30.3 Å².